The summed E-state index contributed by atoms with van der Waals surface area (Å²) in [6, 6.07) is 0. The van der Waals surface area contributed by atoms with E-state index >= 15 is 0 Å². The zero-order chi connectivity index (χ0) is 12.8. The number of likely N-dealkylation sites (tertiary alicyclic amines) is 1. The molecule has 1 heterocycles. The Morgan fingerprint density at radius 3 is 2.82 bits per heavy atom. The Morgan fingerprint density at radius 2 is 2.29 bits per heavy atom. The standard InChI is InChI=1S/C11H20N2O4/c1-3-17-11(16)12-10(15)7-13-5-4-9(6-13)8(2)14/h8-9,14H,3-7H2,1-2H3,(H,12,15,16). The summed E-state index contributed by atoms with van der Waals surface area (Å²) in [4.78, 5) is 24.4. The third kappa shape index (κ3) is 4.70. The first kappa shape index (κ1) is 13.9. The molecule has 98 valence electrons. The van der Waals surface area contributed by atoms with Gasteiger partial charge in [0.05, 0.1) is 19.3 Å². The Bertz CT molecular complexity index is 281. The number of ether oxygens (including phenoxy) is 1. The van der Waals surface area contributed by atoms with Gasteiger partial charge in [-0.3, -0.25) is 15.0 Å². The summed E-state index contributed by atoms with van der Waals surface area (Å²) < 4.78 is 4.61. The first-order valence-electron chi connectivity index (χ1n) is 5.90. The number of carbonyl (C=O) groups is 2. The van der Waals surface area contributed by atoms with Crippen LogP contribution in [0.2, 0.25) is 0 Å². The van der Waals surface area contributed by atoms with Gasteiger partial charge in [-0.1, -0.05) is 0 Å². The lowest BCUT2D eigenvalue weighted by molar-refractivity contribution is -0.121. The van der Waals surface area contributed by atoms with Gasteiger partial charge in [0.1, 0.15) is 0 Å². The van der Waals surface area contributed by atoms with Gasteiger partial charge in [-0.15, -0.1) is 0 Å². The van der Waals surface area contributed by atoms with Crippen LogP contribution in [0, 0.1) is 5.92 Å². The minimum atomic E-state index is -0.705. The van der Waals surface area contributed by atoms with Crippen LogP contribution < -0.4 is 5.32 Å². The van der Waals surface area contributed by atoms with Gasteiger partial charge in [0.2, 0.25) is 5.91 Å². The number of hydrogen-bond donors (Lipinski definition) is 2. The molecule has 1 aliphatic rings. The second-order valence-electron chi connectivity index (χ2n) is 4.29. The molecule has 17 heavy (non-hydrogen) atoms. The molecule has 2 N–H and O–H groups in total. The van der Waals surface area contributed by atoms with Gasteiger partial charge in [-0.25, -0.2) is 4.79 Å². The number of alkyl carbamates (subject to hydrolysis) is 1. The molecule has 1 rings (SSSR count). The maximum atomic E-state index is 11.4. The van der Waals surface area contributed by atoms with Gasteiger partial charge in [-0.2, -0.15) is 0 Å². The van der Waals surface area contributed by atoms with E-state index in [1.807, 2.05) is 4.90 Å². The number of aliphatic hydroxyl groups excluding tert-OH is 1. The fourth-order valence-electron chi connectivity index (χ4n) is 1.92. The highest BCUT2D eigenvalue weighted by Crippen LogP contribution is 2.18. The van der Waals surface area contributed by atoms with Crippen LogP contribution in [0.5, 0.6) is 0 Å². The lowest BCUT2D eigenvalue weighted by atomic mass is 10.0. The van der Waals surface area contributed by atoms with Crippen LogP contribution in [0.4, 0.5) is 4.79 Å². The molecule has 0 aromatic carbocycles. The Hall–Kier alpha value is -1.14. The number of imide groups is 1. The molecule has 0 aromatic heterocycles. The maximum absolute atomic E-state index is 11.4. The summed E-state index contributed by atoms with van der Waals surface area (Å²) in [5.41, 5.74) is 0. The van der Waals surface area contributed by atoms with Crippen molar-refractivity contribution in [3.63, 3.8) is 0 Å². The number of nitrogens with zero attached hydrogens (tertiary/aromatic N) is 1. The van der Waals surface area contributed by atoms with Crippen molar-refractivity contribution in [1.82, 2.24) is 10.2 Å². The van der Waals surface area contributed by atoms with Crippen molar-refractivity contribution in [2.75, 3.05) is 26.2 Å². The molecule has 0 bridgehead atoms. The topological polar surface area (TPSA) is 78.9 Å². The first-order valence-corrected chi connectivity index (χ1v) is 5.90. The van der Waals surface area contributed by atoms with Crippen molar-refractivity contribution in [1.29, 1.82) is 0 Å². The van der Waals surface area contributed by atoms with E-state index in [9.17, 15) is 14.7 Å². The molecule has 1 aliphatic heterocycles. The van der Waals surface area contributed by atoms with Gasteiger partial charge in [0.25, 0.3) is 0 Å². The molecule has 0 saturated carbocycles. The zero-order valence-electron chi connectivity index (χ0n) is 10.3. The zero-order valence-corrected chi connectivity index (χ0v) is 10.3. The monoisotopic (exact) mass is 244 g/mol. The van der Waals surface area contributed by atoms with Crippen LogP contribution in [0.25, 0.3) is 0 Å². The summed E-state index contributed by atoms with van der Waals surface area (Å²) in [5, 5.41) is 11.6. The molecular formula is C11H20N2O4. The third-order valence-corrected chi connectivity index (χ3v) is 2.88. The lowest BCUT2D eigenvalue weighted by Crippen LogP contribution is -2.39. The highest BCUT2D eigenvalue weighted by Gasteiger charge is 2.27. The van der Waals surface area contributed by atoms with E-state index in [0.29, 0.717) is 6.54 Å². The van der Waals surface area contributed by atoms with E-state index in [1.54, 1.807) is 13.8 Å². The number of carbonyl (C=O) groups excluding carboxylic acids is 2. The second-order valence-corrected chi connectivity index (χ2v) is 4.29. The Kier molecular flexibility index (Phi) is 5.37. The van der Waals surface area contributed by atoms with Crippen molar-refractivity contribution in [2.45, 2.75) is 26.4 Å². The molecule has 0 spiro atoms. The second kappa shape index (κ2) is 6.56. The normalized spacial score (nSPS) is 22.2. The summed E-state index contributed by atoms with van der Waals surface area (Å²) in [6.45, 7) is 5.30. The third-order valence-electron chi connectivity index (χ3n) is 2.88. The fraction of sp³-hybridized carbons (Fsp3) is 0.818. The smallest absolute Gasteiger partial charge is 0.413 e. The highest BCUT2D eigenvalue weighted by molar-refractivity contribution is 5.92. The summed E-state index contributed by atoms with van der Waals surface area (Å²) >= 11 is 0. The molecular weight excluding hydrogens is 224 g/mol. The highest BCUT2D eigenvalue weighted by atomic mass is 16.5. The van der Waals surface area contributed by atoms with Crippen LogP contribution in [-0.2, 0) is 9.53 Å². The van der Waals surface area contributed by atoms with Crippen LogP contribution in [-0.4, -0.2) is 54.4 Å². The van der Waals surface area contributed by atoms with Crippen LogP contribution >= 0.6 is 0 Å². The van der Waals surface area contributed by atoms with Gasteiger partial charge in [0, 0.05) is 6.54 Å². The number of hydrogen-bond acceptors (Lipinski definition) is 5. The van der Waals surface area contributed by atoms with Gasteiger partial charge in [-0.05, 0) is 32.7 Å². The van der Waals surface area contributed by atoms with Crippen molar-refractivity contribution < 1.29 is 19.4 Å². The fourth-order valence-corrected chi connectivity index (χ4v) is 1.92. The molecule has 1 fully saturated rings. The Balaban J connectivity index is 2.26. The first-order chi connectivity index (χ1) is 8.02. The largest absolute Gasteiger partial charge is 0.450 e. The summed E-state index contributed by atoms with van der Waals surface area (Å²) in [7, 11) is 0. The van der Waals surface area contributed by atoms with E-state index < -0.39 is 6.09 Å². The number of rotatable bonds is 4. The van der Waals surface area contributed by atoms with E-state index in [2.05, 4.69) is 10.1 Å². The van der Waals surface area contributed by atoms with Crippen molar-refractivity contribution in [3.8, 4) is 0 Å². The Labute approximate surface area is 101 Å². The van der Waals surface area contributed by atoms with E-state index in [4.69, 9.17) is 0 Å². The lowest BCUT2D eigenvalue weighted by Gasteiger charge is -2.16. The minimum absolute atomic E-state index is 0.169. The molecule has 0 radical (unpaired) electrons. The minimum Gasteiger partial charge on any atom is -0.450 e. The van der Waals surface area contributed by atoms with Crippen LogP contribution in [0.3, 0.4) is 0 Å². The van der Waals surface area contributed by atoms with Gasteiger partial charge < -0.3 is 9.84 Å². The SMILES string of the molecule is CCOC(=O)NC(=O)CN1CCC(C(C)O)C1. The predicted octanol–water partition coefficient (Wildman–Crippen LogP) is -0.0382. The summed E-state index contributed by atoms with van der Waals surface area (Å²) in [6.07, 6.45) is -0.179. The van der Waals surface area contributed by atoms with Crippen LogP contribution in [0.1, 0.15) is 20.3 Å². The molecule has 0 aliphatic carbocycles. The maximum Gasteiger partial charge on any atom is 0.413 e. The number of aliphatic hydroxyl groups is 1. The quantitative estimate of drug-likeness (QED) is 0.725. The van der Waals surface area contributed by atoms with E-state index in [0.717, 1.165) is 13.0 Å². The molecule has 1 saturated heterocycles. The molecule has 2 atom stereocenters. The van der Waals surface area contributed by atoms with Crippen molar-refractivity contribution >= 4 is 12.0 Å². The summed E-state index contributed by atoms with van der Waals surface area (Å²) in [5.74, 6) is -0.153. The van der Waals surface area contributed by atoms with Crippen molar-refractivity contribution in [2.24, 2.45) is 5.92 Å². The van der Waals surface area contributed by atoms with Gasteiger partial charge in [0.15, 0.2) is 0 Å². The molecule has 0 aromatic rings. The molecule has 6 nitrogen and oxygen atoms in total. The Morgan fingerprint density at radius 1 is 1.59 bits per heavy atom. The average molecular weight is 244 g/mol. The molecule has 6 heteroatoms. The molecule has 2 amide bonds. The van der Waals surface area contributed by atoms with Crippen LogP contribution in [0.15, 0.2) is 0 Å². The number of nitrogens with one attached hydrogen (secondary N) is 1. The number of amides is 2. The molecule has 2 unspecified atom stereocenters. The van der Waals surface area contributed by atoms with Crippen molar-refractivity contribution in [3.05, 3.63) is 0 Å². The average Bonchev–Trinajstić information content (AvgIpc) is 2.66. The van der Waals surface area contributed by atoms with Gasteiger partial charge >= 0.3 is 6.09 Å². The predicted molar refractivity (Wildman–Crippen MR) is 61.4 cm³/mol. The van der Waals surface area contributed by atoms with E-state index in [1.165, 1.54) is 0 Å². The van der Waals surface area contributed by atoms with E-state index in [-0.39, 0.29) is 31.1 Å².